The summed E-state index contributed by atoms with van der Waals surface area (Å²) in [5.74, 6) is -2.90. The first-order chi connectivity index (χ1) is 8.28. The number of esters is 2. The second kappa shape index (κ2) is 4.11. The second-order valence-electron chi connectivity index (χ2n) is 4.65. The molecule has 0 aromatic rings. The zero-order valence-corrected chi connectivity index (χ0v) is 9.54. The average molecular weight is 267 g/mol. The van der Waals surface area contributed by atoms with Gasteiger partial charge in [-0.25, -0.2) is 4.79 Å². The van der Waals surface area contributed by atoms with E-state index >= 15 is 0 Å². The van der Waals surface area contributed by atoms with Crippen LogP contribution in [0.1, 0.15) is 12.8 Å². The predicted octanol–water partition coefficient (Wildman–Crippen LogP) is 0.591. The summed E-state index contributed by atoms with van der Waals surface area (Å²) < 4.78 is 45.0. The number of ether oxygens (including phenoxy) is 2. The van der Waals surface area contributed by atoms with Crippen LogP contribution in [0, 0.1) is 11.3 Å². The highest BCUT2D eigenvalue weighted by Crippen LogP contribution is 2.52. The minimum atomic E-state index is -5.00. The molecule has 2 aliphatic rings. The number of hydrogen-bond acceptors (Lipinski definition) is 5. The van der Waals surface area contributed by atoms with Crippen molar-refractivity contribution in [3.8, 4) is 0 Å². The third kappa shape index (κ3) is 2.05. The molecule has 1 N–H and O–H groups in total. The molecule has 102 valence electrons. The highest BCUT2D eigenvalue weighted by Gasteiger charge is 2.60. The summed E-state index contributed by atoms with van der Waals surface area (Å²) in [6.45, 7) is 0.441. The Labute approximate surface area is 101 Å². The van der Waals surface area contributed by atoms with Crippen LogP contribution in [0.25, 0.3) is 0 Å². The quantitative estimate of drug-likeness (QED) is 0.742. The average Bonchev–Trinajstić information content (AvgIpc) is 2.20. The minimum absolute atomic E-state index is 0.316. The fourth-order valence-electron chi connectivity index (χ4n) is 2.43. The summed E-state index contributed by atoms with van der Waals surface area (Å²) >= 11 is 0. The van der Waals surface area contributed by atoms with E-state index in [1.165, 1.54) is 7.11 Å². The molecule has 1 heterocycles. The molecule has 1 saturated heterocycles. The van der Waals surface area contributed by atoms with Crippen LogP contribution in [-0.2, 0) is 19.1 Å². The van der Waals surface area contributed by atoms with E-state index < -0.39 is 23.8 Å². The van der Waals surface area contributed by atoms with Crippen LogP contribution in [-0.4, -0.2) is 38.0 Å². The smallest absolute Gasteiger partial charge is 0.469 e. The van der Waals surface area contributed by atoms with E-state index in [2.05, 4.69) is 14.8 Å². The van der Waals surface area contributed by atoms with Crippen molar-refractivity contribution < 1.29 is 32.2 Å². The fourth-order valence-corrected chi connectivity index (χ4v) is 2.43. The van der Waals surface area contributed by atoms with Crippen LogP contribution >= 0.6 is 0 Å². The Balaban J connectivity index is 1.87. The summed E-state index contributed by atoms with van der Waals surface area (Å²) in [5.41, 5.74) is -0.542. The Morgan fingerprint density at radius 3 is 2.33 bits per heavy atom. The molecule has 0 bridgehead atoms. The van der Waals surface area contributed by atoms with Gasteiger partial charge in [-0.3, -0.25) is 10.1 Å². The summed E-state index contributed by atoms with van der Waals surface area (Å²) in [7, 11) is 1.26. The predicted molar refractivity (Wildman–Crippen MR) is 51.1 cm³/mol. The van der Waals surface area contributed by atoms with E-state index in [0.29, 0.717) is 19.4 Å². The maximum atomic E-state index is 12.0. The third-order valence-electron chi connectivity index (χ3n) is 3.49. The topological polar surface area (TPSA) is 64.6 Å². The molecule has 1 spiro atoms. The highest BCUT2D eigenvalue weighted by atomic mass is 19.4. The molecule has 1 saturated carbocycles. The summed E-state index contributed by atoms with van der Waals surface area (Å²) in [5, 5.41) is 2.62. The van der Waals surface area contributed by atoms with Crippen LogP contribution in [0.2, 0.25) is 0 Å². The van der Waals surface area contributed by atoms with Crippen LogP contribution in [0.3, 0.4) is 0 Å². The normalized spacial score (nSPS) is 34.4. The molecule has 0 amide bonds. The van der Waals surface area contributed by atoms with Gasteiger partial charge in [0, 0.05) is 12.0 Å². The van der Waals surface area contributed by atoms with Crippen molar-refractivity contribution >= 4 is 11.9 Å². The monoisotopic (exact) mass is 267 g/mol. The number of methoxy groups -OCH3 is 1. The lowest BCUT2D eigenvalue weighted by Crippen LogP contribution is -2.70. The molecule has 0 aromatic carbocycles. The van der Waals surface area contributed by atoms with Crippen molar-refractivity contribution in [2.24, 2.45) is 11.3 Å². The van der Waals surface area contributed by atoms with Gasteiger partial charge in [0.1, 0.15) is 0 Å². The van der Waals surface area contributed by atoms with Gasteiger partial charge in [-0.1, -0.05) is 0 Å². The summed E-state index contributed by atoms with van der Waals surface area (Å²) in [6.07, 6.45) is -5.21. The van der Waals surface area contributed by atoms with Gasteiger partial charge in [0.25, 0.3) is 0 Å². The number of hydrogen-bond donors (Lipinski definition) is 1. The molecule has 5 nitrogen and oxygen atoms in total. The molecule has 0 radical (unpaired) electrons. The number of nitrogens with one attached hydrogen (secondary N) is 1. The van der Waals surface area contributed by atoms with Crippen LogP contribution < -0.4 is 5.32 Å². The highest BCUT2D eigenvalue weighted by molar-refractivity contribution is 5.76. The van der Waals surface area contributed by atoms with Gasteiger partial charge in [0.15, 0.2) is 6.23 Å². The van der Waals surface area contributed by atoms with Gasteiger partial charge in [0.05, 0.1) is 13.0 Å². The Kier molecular flexibility index (Phi) is 3.00. The number of alkyl halides is 3. The largest absolute Gasteiger partial charge is 0.490 e. The SMILES string of the molecule is COC(=O)C1CC2(CNC2OC(=O)C(F)(F)F)C1. The molecular formula is C10H12F3NO4. The van der Waals surface area contributed by atoms with Gasteiger partial charge >= 0.3 is 18.1 Å². The van der Waals surface area contributed by atoms with Crippen LogP contribution in [0.4, 0.5) is 13.2 Å². The number of carbonyl (C=O) groups excluding carboxylic acids is 2. The molecule has 18 heavy (non-hydrogen) atoms. The number of rotatable bonds is 2. The number of halogens is 3. The van der Waals surface area contributed by atoms with Crippen LogP contribution in [0.15, 0.2) is 0 Å². The minimum Gasteiger partial charge on any atom is -0.469 e. The molecule has 1 atom stereocenters. The third-order valence-corrected chi connectivity index (χ3v) is 3.49. The lowest BCUT2D eigenvalue weighted by Gasteiger charge is -2.57. The van der Waals surface area contributed by atoms with Gasteiger partial charge in [-0.2, -0.15) is 13.2 Å². The summed E-state index contributed by atoms with van der Waals surface area (Å²) in [4.78, 5) is 21.9. The van der Waals surface area contributed by atoms with Crippen LogP contribution in [0.5, 0.6) is 0 Å². The van der Waals surface area contributed by atoms with Crippen molar-refractivity contribution in [3.05, 3.63) is 0 Å². The molecule has 1 aliphatic heterocycles. The van der Waals surface area contributed by atoms with Gasteiger partial charge in [0.2, 0.25) is 0 Å². The molecular weight excluding hydrogens is 255 g/mol. The first kappa shape index (κ1) is 13.1. The summed E-state index contributed by atoms with van der Waals surface area (Å²) in [6, 6.07) is 0. The maximum absolute atomic E-state index is 12.0. The Hall–Kier alpha value is -1.31. The fraction of sp³-hybridized carbons (Fsp3) is 0.800. The second-order valence-corrected chi connectivity index (χ2v) is 4.65. The standard InChI is InChI=1S/C10H12F3NO4/c1-17-6(15)5-2-9(3-5)4-14-7(9)18-8(16)10(11,12)13/h5,7,14H,2-4H2,1H3. The molecule has 1 aliphatic carbocycles. The van der Waals surface area contributed by atoms with Crippen molar-refractivity contribution in [3.63, 3.8) is 0 Å². The lowest BCUT2D eigenvalue weighted by molar-refractivity contribution is -0.234. The van der Waals surface area contributed by atoms with Crippen molar-refractivity contribution in [1.29, 1.82) is 0 Å². The molecule has 0 aromatic heterocycles. The van der Waals surface area contributed by atoms with E-state index in [0.717, 1.165) is 0 Å². The Bertz CT molecular complexity index is 376. The van der Waals surface area contributed by atoms with Gasteiger partial charge < -0.3 is 9.47 Å². The molecule has 1 unspecified atom stereocenters. The van der Waals surface area contributed by atoms with Crippen molar-refractivity contribution in [2.45, 2.75) is 25.2 Å². The maximum Gasteiger partial charge on any atom is 0.490 e. The zero-order valence-electron chi connectivity index (χ0n) is 9.54. The zero-order chi connectivity index (χ0) is 13.6. The first-order valence-electron chi connectivity index (χ1n) is 5.37. The van der Waals surface area contributed by atoms with Gasteiger partial charge in [-0.05, 0) is 12.8 Å². The van der Waals surface area contributed by atoms with E-state index in [4.69, 9.17) is 0 Å². The van der Waals surface area contributed by atoms with E-state index in [1.54, 1.807) is 0 Å². The van der Waals surface area contributed by atoms with Crippen molar-refractivity contribution in [2.75, 3.05) is 13.7 Å². The van der Waals surface area contributed by atoms with E-state index in [1.807, 2.05) is 0 Å². The first-order valence-corrected chi connectivity index (χ1v) is 5.37. The Morgan fingerprint density at radius 1 is 1.33 bits per heavy atom. The van der Waals surface area contributed by atoms with Gasteiger partial charge in [-0.15, -0.1) is 0 Å². The lowest BCUT2D eigenvalue weighted by atomic mass is 9.57. The Morgan fingerprint density at radius 2 is 1.94 bits per heavy atom. The molecule has 2 rings (SSSR count). The molecule has 8 heteroatoms. The van der Waals surface area contributed by atoms with E-state index in [9.17, 15) is 22.8 Å². The van der Waals surface area contributed by atoms with E-state index in [-0.39, 0.29) is 11.9 Å². The molecule has 2 fully saturated rings. The number of carbonyl (C=O) groups is 2. The van der Waals surface area contributed by atoms with Crippen molar-refractivity contribution in [1.82, 2.24) is 5.32 Å².